The van der Waals surface area contributed by atoms with E-state index >= 15 is 0 Å². The molecule has 0 saturated carbocycles. The molecule has 1 N–H and O–H groups in total. The van der Waals surface area contributed by atoms with Gasteiger partial charge in [0.05, 0.1) is 17.6 Å². The molecule has 28 heavy (non-hydrogen) atoms. The van der Waals surface area contributed by atoms with Gasteiger partial charge in [-0.1, -0.05) is 17.7 Å². The highest BCUT2D eigenvalue weighted by Crippen LogP contribution is 2.25. The summed E-state index contributed by atoms with van der Waals surface area (Å²) < 4.78 is 12.1. The minimum atomic E-state index is -0.453. The summed E-state index contributed by atoms with van der Waals surface area (Å²) in [4.78, 5) is 28.5. The van der Waals surface area contributed by atoms with Gasteiger partial charge in [0, 0.05) is 23.3 Å². The summed E-state index contributed by atoms with van der Waals surface area (Å²) in [6, 6.07) is 12.2. The fourth-order valence-corrected chi connectivity index (χ4v) is 3.09. The van der Waals surface area contributed by atoms with Crippen molar-refractivity contribution in [3.63, 3.8) is 0 Å². The van der Waals surface area contributed by atoms with Crippen LogP contribution in [0.1, 0.15) is 11.5 Å². The Morgan fingerprint density at radius 3 is 2.82 bits per heavy atom. The molecule has 4 aromatic rings. The van der Waals surface area contributed by atoms with Crippen molar-refractivity contribution < 1.29 is 13.6 Å². The molecule has 0 unspecified atom stereocenters. The number of anilines is 1. The molecule has 142 valence electrons. The van der Waals surface area contributed by atoms with Gasteiger partial charge in [-0.25, -0.2) is 9.78 Å². The van der Waals surface area contributed by atoms with E-state index in [0.29, 0.717) is 39.2 Å². The highest BCUT2D eigenvalue weighted by molar-refractivity contribution is 6.30. The third kappa shape index (κ3) is 3.44. The second kappa shape index (κ2) is 7.01. The summed E-state index contributed by atoms with van der Waals surface area (Å²) in [5.74, 6) is 0.280. The first-order valence-electron chi connectivity index (χ1n) is 8.52. The van der Waals surface area contributed by atoms with Gasteiger partial charge in [0.2, 0.25) is 11.8 Å². The molecule has 2 aromatic carbocycles. The number of carbonyl (C=O) groups is 1. The van der Waals surface area contributed by atoms with Gasteiger partial charge in [0.25, 0.3) is 0 Å². The van der Waals surface area contributed by atoms with Crippen molar-refractivity contribution in [2.75, 3.05) is 5.32 Å². The van der Waals surface area contributed by atoms with Crippen molar-refractivity contribution in [3.8, 4) is 11.5 Å². The van der Waals surface area contributed by atoms with Gasteiger partial charge in [-0.15, -0.1) is 0 Å². The van der Waals surface area contributed by atoms with E-state index in [1.165, 1.54) is 4.57 Å². The topological polar surface area (TPSA) is 90.3 Å². The molecule has 2 aromatic heterocycles. The van der Waals surface area contributed by atoms with Crippen LogP contribution in [0, 0.1) is 6.92 Å². The van der Waals surface area contributed by atoms with Crippen molar-refractivity contribution in [2.24, 2.45) is 7.05 Å². The van der Waals surface area contributed by atoms with Gasteiger partial charge in [-0.2, -0.15) is 0 Å². The zero-order valence-corrected chi connectivity index (χ0v) is 15.9. The summed E-state index contributed by atoms with van der Waals surface area (Å²) in [6.45, 7) is 1.76. The number of aryl methyl sites for hydroxylation is 2. The first-order valence-corrected chi connectivity index (χ1v) is 8.90. The maximum atomic E-state index is 12.5. The SMILES string of the molecule is Cc1oc(-c2cccc(Cl)c2)nc1CC(=O)Nc1ccc2oc(=O)n(C)c2c1. The Bertz CT molecular complexity index is 1250. The van der Waals surface area contributed by atoms with Gasteiger partial charge in [-0.05, 0) is 43.3 Å². The zero-order valence-electron chi connectivity index (χ0n) is 15.2. The first-order chi connectivity index (χ1) is 13.4. The number of halogens is 1. The molecular formula is C20H16ClN3O4. The quantitative estimate of drug-likeness (QED) is 0.563. The average molecular weight is 398 g/mol. The predicted molar refractivity (Wildman–Crippen MR) is 105 cm³/mol. The summed E-state index contributed by atoms with van der Waals surface area (Å²) in [7, 11) is 1.61. The van der Waals surface area contributed by atoms with Gasteiger partial charge in [0.15, 0.2) is 5.58 Å². The molecule has 2 heterocycles. The molecule has 0 spiro atoms. The fourth-order valence-electron chi connectivity index (χ4n) is 2.90. The van der Waals surface area contributed by atoms with E-state index < -0.39 is 5.76 Å². The van der Waals surface area contributed by atoms with Gasteiger partial charge in [-0.3, -0.25) is 9.36 Å². The monoisotopic (exact) mass is 397 g/mol. The lowest BCUT2D eigenvalue weighted by Crippen LogP contribution is -2.15. The van der Waals surface area contributed by atoms with Gasteiger partial charge >= 0.3 is 5.76 Å². The van der Waals surface area contributed by atoms with Crippen molar-refractivity contribution in [3.05, 3.63) is 69.5 Å². The van der Waals surface area contributed by atoms with Crippen molar-refractivity contribution in [2.45, 2.75) is 13.3 Å². The Labute approximate surface area is 164 Å². The third-order valence-electron chi connectivity index (χ3n) is 4.37. The summed E-state index contributed by atoms with van der Waals surface area (Å²) >= 11 is 6.01. The van der Waals surface area contributed by atoms with Gasteiger partial charge in [0.1, 0.15) is 5.76 Å². The molecule has 0 aliphatic rings. The van der Waals surface area contributed by atoms with E-state index in [9.17, 15) is 9.59 Å². The lowest BCUT2D eigenvalue weighted by molar-refractivity contribution is -0.115. The van der Waals surface area contributed by atoms with E-state index in [4.69, 9.17) is 20.4 Å². The number of fused-ring (bicyclic) bond motifs is 1. The minimum absolute atomic E-state index is 0.0538. The molecule has 0 atom stereocenters. The highest BCUT2D eigenvalue weighted by Gasteiger charge is 2.16. The van der Waals surface area contributed by atoms with Crippen LogP contribution in [-0.2, 0) is 18.3 Å². The number of benzene rings is 2. The van der Waals surface area contributed by atoms with Crippen LogP contribution in [-0.4, -0.2) is 15.5 Å². The van der Waals surface area contributed by atoms with E-state index in [1.807, 2.05) is 12.1 Å². The lowest BCUT2D eigenvalue weighted by Gasteiger charge is -2.04. The van der Waals surface area contributed by atoms with Crippen LogP contribution in [0.15, 0.2) is 56.1 Å². The maximum Gasteiger partial charge on any atom is 0.419 e. The number of carbonyl (C=O) groups excluding carboxylic acids is 1. The Balaban J connectivity index is 1.52. The minimum Gasteiger partial charge on any atom is -0.441 e. The van der Waals surface area contributed by atoms with Crippen LogP contribution in [0.5, 0.6) is 0 Å². The molecule has 4 rings (SSSR count). The van der Waals surface area contributed by atoms with Crippen molar-refractivity contribution in [1.29, 1.82) is 0 Å². The third-order valence-corrected chi connectivity index (χ3v) is 4.60. The Hall–Kier alpha value is -3.32. The number of rotatable bonds is 4. The molecule has 0 aliphatic heterocycles. The number of oxazole rings is 2. The lowest BCUT2D eigenvalue weighted by atomic mass is 10.2. The fraction of sp³-hybridized carbons (Fsp3) is 0.150. The summed E-state index contributed by atoms with van der Waals surface area (Å²) in [6.07, 6.45) is 0.0538. The molecule has 0 bridgehead atoms. The predicted octanol–water partition coefficient (Wildman–Crippen LogP) is 3.93. The molecule has 0 fully saturated rings. The molecule has 8 heteroatoms. The van der Waals surface area contributed by atoms with Crippen LogP contribution >= 0.6 is 11.6 Å². The second-order valence-electron chi connectivity index (χ2n) is 6.37. The molecule has 0 saturated heterocycles. The molecule has 0 radical (unpaired) electrons. The smallest absolute Gasteiger partial charge is 0.419 e. The molecule has 0 aliphatic carbocycles. The molecule has 1 amide bonds. The Morgan fingerprint density at radius 2 is 2.04 bits per heavy atom. The number of nitrogens with zero attached hydrogens (tertiary/aromatic N) is 2. The van der Waals surface area contributed by atoms with Crippen molar-refractivity contribution in [1.82, 2.24) is 9.55 Å². The Kier molecular flexibility index (Phi) is 4.52. The average Bonchev–Trinajstić information content (AvgIpc) is 3.15. The van der Waals surface area contributed by atoms with E-state index in [0.717, 1.165) is 5.56 Å². The molecular weight excluding hydrogens is 382 g/mol. The van der Waals surface area contributed by atoms with Crippen molar-refractivity contribution >= 4 is 34.3 Å². The second-order valence-corrected chi connectivity index (χ2v) is 6.80. The number of aromatic nitrogens is 2. The summed E-state index contributed by atoms with van der Waals surface area (Å²) in [5, 5.41) is 3.39. The van der Waals surface area contributed by atoms with E-state index in [-0.39, 0.29) is 12.3 Å². The standard InChI is InChI=1S/C20H16ClN3O4/c1-11-15(23-19(27-11)12-4-3-5-13(21)8-12)10-18(25)22-14-6-7-17-16(9-14)24(2)20(26)28-17/h3-9H,10H2,1-2H3,(H,22,25). The van der Waals surface area contributed by atoms with E-state index in [1.54, 1.807) is 44.3 Å². The summed E-state index contributed by atoms with van der Waals surface area (Å²) in [5.41, 5.74) is 2.91. The number of hydrogen-bond acceptors (Lipinski definition) is 5. The van der Waals surface area contributed by atoms with Crippen LogP contribution in [0.4, 0.5) is 5.69 Å². The van der Waals surface area contributed by atoms with Crippen LogP contribution in [0.25, 0.3) is 22.6 Å². The van der Waals surface area contributed by atoms with E-state index in [2.05, 4.69) is 10.3 Å². The largest absolute Gasteiger partial charge is 0.441 e. The van der Waals surface area contributed by atoms with Crippen LogP contribution in [0.2, 0.25) is 5.02 Å². The number of nitrogens with one attached hydrogen (secondary N) is 1. The maximum absolute atomic E-state index is 12.5. The first kappa shape index (κ1) is 18.1. The van der Waals surface area contributed by atoms with Crippen LogP contribution in [0.3, 0.4) is 0 Å². The highest BCUT2D eigenvalue weighted by atomic mass is 35.5. The van der Waals surface area contributed by atoms with Gasteiger partial charge < -0.3 is 14.2 Å². The van der Waals surface area contributed by atoms with Crippen LogP contribution < -0.4 is 11.1 Å². The normalized spacial score (nSPS) is 11.1. The Morgan fingerprint density at radius 1 is 1.21 bits per heavy atom. The number of hydrogen-bond donors (Lipinski definition) is 1. The molecule has 7 nitrogen and oxygen atoms in total. The zero-order chi connectivity index (χ0) is 19.8. The number of amides is 1.